The SMILES string of the molecule is CCN(Cc1ccc2c(c1)OCO2)C(=O)C1CCCC1N.Cl. The first-order valence-corrected chi connectivity index (χ1v) is 7.62. The highest BCUT2D eigenvalue weighted by Gasteiger charge is 2.32. The summed E-state index contributed by atoms with van der Waals surface area (Å²) in [5.41, 5.74) is 7.11. The van der Waals surface area contributed by atoms with Gasteiger partial charge in [0.25, 0.3) is 0 Å². The Balaban J connectivity index is 0.00000176. The van der Waals surface area contributed by atoms with Crippen LogP contribution in [0.1, 0.15) is 31.7 Å². The van der Waals surface area contributed by atoms with Crippen molar-refractivity contribution in [3.63, 3.8) is 0 Å². The van der Waals surface area contributed by atoms with Gasteiger partial charge in [0.1, 0.15) is 0 Å². The third-order valence-electron chi connectivity index (χ3n) is 4.39. The maximum Gasteiger partial charge on any atom is 0.231 e. The molecule has 1 aromatic carbocycles. The predicted molar refractivity (Wildman–Crippen MR) is 86.2 cm³/mol. The number of carbonyl (C=O) groups excluding carboxylic acids is 1. The van der Waals surface area contributed by atoms with Crippen molar-refractivity contribution in [3.8, 4) is 11.5 Å². The van der Waals surface area contributed by atoms with E-state index in [1.165, 1.54) is 0 Å². The van der Waals surface area contributed by atoms with Crippen LogP contribution >= 0.6 is 12.4 Å². The summed E-state index contributed by atoms with van der Waals surface area (Å²) >= 11 is 0. The van der Waals surface area contributed by atoms with Crippen LogP contribution in [0.15, 0.2) is 18.2 Å². The van der Waals surface area contributed by atoms with Crippen molar-refractivity contribution in [2.45, 2.75) is 38.8 Å². The van der Waals surface area contributed by atoms with Crippen molar-refractivity contribution >= 4 is 18.3 Å². The maximum atomic E-state index is 12.6. The lowest BCUT2D eigenvalue weighted by atomic mass is 10.0. The average Bonchev–Trinajstić information content (AvgIpc) is 3.12. The number of benzene rings is 1. The van der Waals surface area contributed by atoms with E-state index in [1.54, 1.807) is 0 Å². The van der Waals surface area contributed by atoms with Crippen LogP contribution < -0.4 is 15.2 Å². The molecule has 1 aliphatic heterocycles. The maximum absolute atomic E-state index is 12.6. The van der Waals surface area contributed by atoms with E-state index in [4.69, 9.17) is 15.2 Å². The fourth-order valence-corrected chi connectivity index (χ4v) is 3.14. The van der Waals surface area contributed by atoms with Crippen LogP contribution in [0, 0.1) is 5.92 Å². The van der Waals surface area contributed by atoms with Crippen LogP contribution in [0.3, 0.4) is 0 Å². The molecule has 22 heavy (non-hydrogen) atoms. The van der Waals surface area contributed by atoms with E-state index in [-0.39, 0.29) is 37.1 Å². The fourth-order valence-electron chi connectivity index (χ4n) is 3.14. The number of rotatable bonds is 4. The molecule has 0 bridgehead atoms. The van der Waals surface area contributed by atoms with Crippen molar-refractivity contribution in [1.29, 1.82) is 0 Å². The van der Waals surface area contributed by atoms with Gasteiger partial charge in [0, 0.05) is 19.1 Å². The van der Waals surface area contributed by atoms with Crippen LogP contribution in [-0.2, 0) is 11.3 Å². The lowest BCUT2D eigenvalue weighted by Crippen LogP contribution is -2.41. The zero-order valence-corrected chi connectivity index (χ0v) is 13.6. The minimum Gasteiger partial charge on any atom is -0.454 e. The molecule has 1 fully saturated rings. The zero-order valence-electron chi connectivity index (χ0n) is 12.8. The van der Waals surface area contributed by atoms with Gasteiger partial charge in [0.15, 0.2) is 11.5 Å². The molecular formula is C16H23ClN2O3. The van der Waals surface area contributed by atoms with Gasteiger partial charge < -0.3 is 20.1 Å². The number of amides is 1. The van der Waals surface area contributed by atoms with E-state index in [1.807, 2.05) is 30.0 Å². The Morgan fingerprint density at radius 2 is 2.09 bits per heavy atom. The number of nitrogens with zero attached hydrogens (tertiary/aromatic N) is 1. The van der Waals surface area contributed by atoms with Crippen LogP contribution in [0.25, 0.3) is 0 Å². The topological polar surface area (TPSA) is 64.8 Å². The highest BCUT2D eigenvalue weighted by atomic mass is 35.5. The molecular weight excluding hydrogens is 304 g/mol. The molecule has 1 aliphatic carbocycles. The number of carbonyl (C=O) groups is 1. The van der Waals surface area contributed by atoms with E-state index >= 15 is 0 Å². The smallest absolute Gasteiger partial charge is 0.231 e. The second kappa shape index (κ2) is 7.20. The van der Waals surface area contributed by atoms with Gasteiger partial charge in [-0.05, 0) is 37.5 Å². The molecule has 6 heteroatoms. The number of hydrogen-bond acceptors (Lipinski definition) is 4. The Labute approximate surface area is 137 Å². The highest BCUT2D eigenvalue weighted by Crippen LogP contribution is 2.33. The quantitative estimate of drug-likeness (QED) is 0.922. The minimum atomic E-state index is -0.0149. The molecule has 122 valence electrons. The molecule has 3 rings (SSSR count). The van der Waals surface area contributed by atoms with Gasteiger partial charge in [-0.25, -0.2) is 0 Å². The van der Waals surface area contributed by atoms with Gasteiger partial charge in [0.05, 0.1) is 5.92 Å². The average molecular weight is 327 g/mol. The third-order valence-corrected chi connectivity index (χ3v) is 4.39. The Morgan fingerprint density at radius 3 is 2.77 bits per heavy atom. The normalized spacial score (nSPS) is 22.3. The first-order chi connectivity index (χ1) is 10.2. The Kier molecular flexibility index (Phi) is 5.53. The molecule has 0 saturated heterocycles. The van der Waals surface area contributed by atoms with Crippen molar-refractivity contribution in [3.05, 3.63) is 23.8 Å². The molecule has 5 nitrogen and oxygen atoms in total. The van der Waals surface area contributed by atoms with Gasteiger partial charge in [-0.1, -0.05) is 12.5 Å². The number of ether oxygens (including phenoxy) is 2. The monoisotopic (exact) mass is 326 g/mol. The number of nitrogens with two attached hydrogens (primary N) is 1. The standard InChI is InChI=1S/C16H22N2O3.ClH/c1-2-18(16(19)12-4-3-5-13(12)17)9-11-6-7-14-15(8-11)21-10-20-14;/h6-8,12-13H,2-5,9-10,17H2,1H3;1H. The van der Waals surface area contributed by atoms with E-state index in [9.17, 15) is 4.79 Å². The summed E-state index contributed by atoms with van der Waals surface area (Å²) in [7, 11) is 0. The minimum absolute atomic E-state index is 0. The molecule has 0 spiro atoms. The van der Waals surface area contributed by atoms with Crippen molar-refractivity contribution in [1.82, 2.24) is 4.90 Å². The third kappa shape index (κ3) is 3.31. The highest BCUT2D eigenvalue weighted by molar-refractivity contribution is 5.85. The second-order valence-corrected chi connectivity index (χ2v) is 5.74. The summed E-state index contributed by atoms with van der Waals surface area (Å²) in [6.45, 7) is 3.56. The molecule has 1 amide bonds. The zero-order chi connectivity index (χ0) is 14.8. The van der Waals surface area contributed by atoms with Gasteiger partial charge in [-0.2, -0.15) is 0 Å². The van der Waals surface area contributed by atoms with Crippen LogP contribution in [-0.4, -0.2) is 30.2 Å². The van der Waals surface area contributed by atoms with E-state index in [0.717, 1.165) is 36.3 Å². The van der Waals surface area contributed by atoms with Gasteiger partial charge >= 0.3 is 0 Å². The van der Waals surface area contributed by atoms with Crippen molar-refractivity contribution in [2.75, 3.05) is 13.3 Å². The Morgan fingerprint density at radius 1 is 1.32 bits per heavy atom. The van der Waals surface area contributed by atoms with E-state index in [2.05, 4.69) is 0 Å². The Bertz CT molecular complexity index is 538. The summed E-state index contributed by atoms with van der Waals surface area (Å²) in [5, 5.41) is 0. The lowest BCUT2D eigenvalue weighted by molar-refractivity contribution is -0.136. The first kappa shape index (κ1) is 16.9. The van der Waals surface area contributed by atoms with Crippen LogP contribution in [0.2, 0.25) is 0 Å². The molecule has 1 aromatic rings. The number of halogens is 1. The summed E-state index contributed by atoms with van der Waals surface area (Å²) in [5.74, 6) is 1.69. The second-order valence-electron chi connectivity index (χ2n) is 5.74. The van der Waals surface area contributed by atoms with Gasteiger partial charge in [-0.3, -0.25) is 4.79 Å². The molecule has 0 aromatic heterocycles. The fraction of sp³-hybridized carbons (Fsp3) is 0.562. The summed E-state index contributed by atoms with van der Waals surface area (Å²) in [4.78, 5) is 14.5. The van der Waals surface area contributed by atoms with Crippen molar-refractivity contribution < 1.29 is 14.3 Å². The molecule has 2 aliphatic rings. The summed E-state index contributed by atoms with van der Waals surface area (Å²) in [6.07, 6.45) is 2.93. The molecule has 0 radical (unpaired) electrons. The van der Waals surface area contributed by atoms with Gasteiger partial charge in [0.2, 0.25) is 12.7 Å². The van der Waals surface area contributed by atoms with Crippen LogP contribution in [0.5, 0.6) is 11.5 Å². The summed E-state index contributed by atoms with van der Waals surface area (Å²) in [6, 6.07) is 5.85. The predicted octanol–water partition coefficient (Wildman–Crippen LogP) is 2.31. The first-order valence-electron chi connectivity index (χ1n) is 7.62. The van der Waals surface area contributed by atoms with Crippen molar-refractivity contribution in [2.24, 2.45) is 11.7 Å². The van der Waals surface area contributed by atoms with E-state index < -0.39 is 0 Å². The molecule has 2 atom stereocenters. The van der Waals surface area contributed by atoms with E-state index in [0.29, 0.717) is 13.1 Å². The molecule has 2 N–H and O–H groups in total. The number of fused-ring (bicyclic) bond motifs is 1. The van der Waals surface area contributed by atoms with Gasteiger partial charge in [-0.15, -0.1) is 12.4 Å². The largest absolute Gasteiger partial charge is 0.454 e. The molecule has 1 saturated carbocycles. The Hall–Kier alpha value is -1.46. The lowest BCUT2D eigenvalue weighted by Gasteiger charge is -2.26. The molecule has 1 heterocycles. The molecule has 2 unspecified atom stereocenters. The van der Waals surface area contributed by atoms with Crippen LogP contribution in [0.4, 0.5) is 0 Å². The number of hydrogen-bond donors (Lipinski definition) is 1. The summed E-state index contributed by atoms with van der Waals surface area (Å²) < 4.78 is 10.7.